The largest absolute Gasteiger partial charge is 0.348 e. The lowest BCUT2D eigenvalue weighted by Crippen LogP contribution is -2.28. The second-order valence-electron chi connectivity index (χ2n) is 4.71. The van der Waals surface area contributed by atoms with E-state index in [2.05, 4.69) is 9.97 Å². The summed E-state index contributed by atoms with van der Waals surface area (Å²) >= 11 is 0. The Hall–Kier alpha value is -1.64. The van der Waals surface area contributed by atoms with Gasteiger partial charge >= 0.3 is 0 Å². The number of rotatable bonds is 2. The number of aromatic amines is 1. The molecule has 1 aliphatic rings. The first-order valence-corrected chi connectivity index (χ1v) is 5.98. The molecule has 0 spiro atoms. The molecule has 1 heterocycles. The highest BCUT2D eigenvalue weighted by Gasteiger charge is 2.47. The van der Waals surface area contributed by atoms with Gasteiger partial charge in [0.05, 0.1) is 11.7 Å². The first kappa shape index (κ1) is 10.5. The lowest BCUT2D eigenvalue weighted by molar-refractivity contribution is 0.196. The molecule has 0 saturated carbocycles. The minimum atomic E-state index is -0.941. The van der Waals surface area contributed by atoms with Gasteiger partial charge in [-0.2, -0.15) is 0 Å². The minimum absolute atomic E-state index is 0.458. The maximum absolute atomic E-state index is 14.8. The van der Waals surface area contributed by atoms with Gasteiger partial charge in [0.15, 0.2) is 0 Å². The summed E-state index contributed by atoms with van der Waals surface area (Å²) in [5.74, 6) is 0. The summed E-state index contributed by atoms with van der Waals surface area (Å²) in [6, 6.07) is 7.80. The molecule has 0 bridgehead atoms. The Morgan fingerprint density at radius 2 is 2.29 bits per heavy atom. The van der Waals surface area contributed by atoms with Crippen LogP contribution in [0.1, 0.15) is 36.3 Å². The van der Waals surface area contributed by atoms with Crippen molar-refractivity contribution in [3.8, 4) is 0 Å². The zero-order chi connectivity index (χ0) is 11.9. The van der Waals surface area contributed by atoms with Crippen molar-refractivity contribution < 1.29 is 4.39 Å². The summed E-state index contributed by atoms with van der Waals surface area (Å²) in [6.07, 6.45) is 3.96. The lowest BCUT2D eigenvalue weighted by atomic mass is 9.78. The van der Waals surface area contributed by atoms with Crippen LogP contribution in [0.15, 0.2) is 36.8 Å². The molecule has 2 nitrogen and oxygen atoms in total. The highest BCUT2D eigenvalue weighted by atomic mass is 19.1. The van der Waals surface area contributed by atoms with Gasteiger partial charge in [0, 0.05) is 11.9 Å². The molecule has 17 heavy (non-hydrogen) atoms. The van der Waals surface area contributed by atoms with Crippen molar-refractivity contribution >= 4 is 0 Å². The first-order valence-electron chi connectivity index (χ1n) is 5.98. The predicted molar refractivity (Wildman–Crippen MR) is 64.6 cm³/mol. The predicted octanol–water partition coefficient (Wildman–Crippen LogP) is 3.32. The average Bonchev–Trinajstić information content (AvgIpc) is 2.97. The van der Waals surface area contributed by atoms with Crippen LogP contribution in [0, 0.1) is 0 Å². The molecular formula is C14H15FN2. The molecular weight excluding hydrogens is 215 g/mol. The fourth-order valence-electron chi connectivity index (χ4n) is 2.92. The topological polar surface area (TPSA) is 28.7 Å². The molecule has 1 aromatic heterocycles. The van der Waals surface area contributed by atoms with Crippen molar-refractivity contribution in [1.82, 2.24) is 9.97 Å². The van der Waals surface area contributed by atoms with Gasteiger partial charge in [-0.15, -0.1) is 0 Å². The standard InChI is InChI=1S/C14H15FN2/c1-2-14(12-8-16-9-17-12)7-10-5-3-4-6-11(10)13(14)15/h3-6,8-9,13H,2,7H2,1H3,(H,16,17). The van der Waals surface area contributed by atoms with Crippen LogP contribution in [-0.4, -0.2) is 9.97 Å². The molecule has 3 heteroatoms. The third-order valence-corrected chi connectivity index (χ3v) is 3.98. The smallest absolute Gasteiger partial charge is 0.137 e. The van der Waals surface area contributed by atoms with Gasteiger partial charge < -0.3 is 4.98 Å². The Kier molecular flexibility index (Phi) is 2.28. The van der Waals surface area contributed by atoms with Crippen molar-refractivity contribution in [3.05, 3.63) is 53.6 Å². The number of aromatic nitrogens is 2. The number of nitrogens with zero attached hydrogens (tertiary/aromatic N) is 1. The van der Waals surface area contributed by atoms with E-state index in [9.17, 15) is 4.39 Å². The summed E-state index contributed by atoms with van der Waals surface area (Å²) in [5, 5.41) is 0. The molecule has 0 fully saturated rings. The zero-order valence-corrected chi connectivity index (χ0v) is 9.78. The average molecular weight is 230 g/mol. The maximum Gasteiger partial charge on any atom is 0.137 e. The number of halogens is 1. The van der Waals surface area contributed by atoms with Gasteiger partial charge in [0.1, 0.15) is 6.17 Å². The number of fused-ring (bicyclic) bond motifs is 1. The van der Waals surface area contributed by atoms with E-state index in [4.69, 9.17) is 0 Å². The Bertz CT molecular complexity index is 521. The SMILES string of the molecule is CCC1(c2cnc[nH]2)Cc2ccccc2C1F. The Morgan fingerprint density at radius 1 is 1.47 bits per heavy atom. The molecule has 0 radical (unpaired) electrons. The molecule has 1 aromatic carbocycles. The van der Waals surface area contributed by atoms with Gasteiger partial charge in [-0.3, -0.25) is 0 Å². The number of nitrogens with one attached hydrogen (secondary N) is 1. The summed E-state index contributed by atoms with van der Waals surface area (Å²) in [6.45, 7) is 2.04. The lowest BCUT2D eigenvalue weighted by Gasteiger charge is -2.28. The molecule has 2 unspecified atom stereocenters. The van der Waals surface area contributed by atoms with Crippen molar-refractivity contribution in [1.29, 1.82) is 0 Å². The van der Waals surface area contributed by atoms with Crippen LogP contribution in [-0.2, 0) is 11.8 Å². The molecule has 1 aliphatic carbocycles. The number of hydrogen-bond acceptors (Lipinski definition) is 1. The third kappa shape index (κ3) is 1.35. The summed E-state index contributed by atoms with van der Waals surface area (Å²) < 4.78 is 14.8. The summed E-state index contributed by atoms with van der Waals surface area (Å²) in [5.41, 5.74) is 2.41. The summed E-state index contributed by atoms with van der Waals surface area (Å²) in [4.78, 5) is 7.12. The highest BCUT2D eigenvalue weighted by molar-refractivity contribution is 5.42. The Morgan fingerprint density at radius 3 is 2.94 bits per heavy atom. The monoisotopic (exact) mass is 230 g/mol. The van der Waals surface area contributed by atoms with Crippen LogP contribution in [0.4, 0.5) is 4.39 Å². The molecule has 0 amide bonds. The maximum atomic E-state index is 14.8. The van der Waals surface area contributed by atoms with E-state index in [-0.39, 0.29) is 0 Å². The fourth-order valence-corrected chi connectivity index (χ4v) is 2.92. The number of alkyl halides is 1. The van der Waals surface area contributed by atoms with Crippen molar-refractivity contribution in [3.63, 3.8) is 0 Å². The van der Waals surface area contributed by atoms with Crippen LogP contribution in [0.3, 0.4) is 0 Å². The van der Waals surface area contributed by atoms with Crippen LogP contribution in [0.25, 0.3) is 0 Å². The Balaban J connectivity index is 2.12. The fraction of sp³-hybridized carbons (Fsp3) is 0.357. The zero-order valence-electron chi connectivity index (χ0n) is 9.78. The van der Waals surface area contributed by atoms with Crippen LogP contribution < -0.4 is 0 Å². The van der Waals surface area contributed by atoms with Crippen LogP contribution in [0.5, 0.6) is 0 Å². The van der Waals surface area contributed by atoms with E-state index in [1.165, 1.54) is 0 Å². The van der Waals surface area contributed by atoms with Gasteiger partial charge in [0.2, 0.25) is 0 Å². The van der Waals surface area contributed by atoms with E-state index in [0.717, 1.165) is 29.7 Å². The highest BCUT2D eigenvalue weighted by Crippen LogP contribution is 2.51. The third-order valence-electron chi connectivity index (χ3n) is 3.98. The number of H-pyrrole nitrogens is 1. The Labute approximate surface area is 99.9 Å². The molecule has 0 saturated heterocycles. The van der Waals surface area contributed by atoms with E-state index in [0.29, 0.717) is 0 Å². The van der Waals surface area contributed by atoms with Gasteiger partial charge in [-0.05, 0) is 24.0 Å². The van der Waals surface area contributed by atoms with Gasteiger partial charge in [-0.25, -0.2) is 9.37 Å². The number of imidazole rings is 1. The van der Waals surface area contributed by atoms with Crippen molar-refractivity contribution in [2.75, 3.05) is 0 Å². The number of benzene rings is 1. The van der Waals surface area contributed by atoms with Gasteiger partial charge in [-0.1, -0.05) is 31.2 Å². The van der Waals surface area contributed by atoms with Crippen molar-refractivity contribution in [2.45, 2.75) is 31.4 Å². The van der Waals surface area contributed by atoms with E-state index >= 15 is 0 Å². The molecule has 3 rings (SSSR count). The normalized spacial score (nSPS) is 27.1. The molecule has 2 atom stereocenters. The quantitative estimate of drug-likeness (QED) is 0.842. The molecule has 88 valence electrons. The van der Waals surface area contributed by atoms with Crippen LogP contribution >= 0.6 is 0 Å². The summed E-state index contributed by atoms with van der Waals surface area (Å²) in [7, 11) is 0. The van der Waals surface area contributed by atoms with Crippen molar-refractivity contribution in [2.24, 2.45) is 0 Å². The number of hydrogen-bond donors (Lipinski definition) is 1. The van der Waals surface area contributed by atoms with E-state index in [1.54, 1.807) is 12.5 Å². The molecule has 2 aromatic rings. The second kappa shape index (κ2) is 3.69. The first-order chi connectivity index (χ1) is 8.28. The molecule has 0 aliphatic heterocycles. The van der Waals surface area contributed by atoms with E-state index < -0.39 is 11.6 Å². The minimum Gasteiger partial charge on any atom is -0.348 e. The van der Waals surface area contributed by atoms with Gasteiger partial charge in [0.25, 0.3) is 0 Å². The second-order valence-corrected chi connectivity index (χ2v) is 4.71. The molecule has 1 N–H and O–H groups in total. The van der Waals surface area contributed by atoms with E-state index in [1.807, 2.05) is 31.2 Å². The van der Waals surface area contributed by atoms with Crippen LogP contribution in [0.2, 0.25) is 0 Å².